The van der Waals surface area contributed by atoms with Crippen molar-refractivity contribution in [2.24, 2.45) is 0 Å². The number of para-hydroxylation sites is 1. The number of carbonyl (C=O) groups excluding carboxylic acids is 1. The van der Waals surface area contributed by atoms with Gasteiger partial charge in [0.15, 0.2) is 0 Å². The lowest BCUT2D eigenvalue weighted by Crippen LogP contribution is -2.27. The molecule has 0 spiro atoms. The van der Waals surface area contributed by atoms with Crippen LogP contribution in [-0.2, 0) is 5.33 Å². The van der Waals surface area contributed by atoms with Gasteiger partial charge in [-0.15, -0.1) is 0 Å². The van der Waals surface area contributed by atoms with Crippen LogP contribution < -0.4 is 4.90 Å². The van der Waals surface area contributed by atoms with Gasteiger partial charge in [-0.3, -0.25) is 9.89 Å². The number of halogens is 1. The summed E-state index contributed by atoms with van der Waals surface area (Å²) < 4.78 is 0. The molecule has 2 aromatic carbocycles. The maximum atomic E-state index is 12.8. The molecule has 0 aliphatic rings. The summed E-state index contributed by atoms with van der Waals surface area (Å²) in [5, 5.41) is 9.21. The number of hydrogen-bond acceptors (Lipinski definition) is 2. The van der Waals surface area contributed by atoms with E-state index in [1.165, 1.54) is 0 Å². The van der Waals surface area contributed by atoms with Crippen LogP contribution in [0.2, 0.25) is 0 Å². The summed E-state index contributed by atoms with van der Waals surface area (Å²) in [6, 6.07) is 17.7. The molecule has 0 fully saturated rings. The molecule has 4 aromatic rings. The molecule has 0 aliphatic carbocycles. The molecule has 1 amide bonds. The molecule has 2 aromatic heterocycles. The Morgan fingerprint density at radius 1 is 1.14 bits per heavy atom. The van der Waals surface area contributed by atoms with Crippen molar-refractivity contribution < 1.29 is 4.79 Å². The molecule has 0 atom stereocenters. The first-order valence-electron chi connectivity index (χ1n) is 8.89. The molecule has 4 rings (SSSR count). The SMILES string of the molecule is CN(C(=O)c1ccc[nH]1)c1cc(CBr)ccc1/C=C/c1n[nH]c2ccccc12. The Hall–Kier alpha value is -3.12. The number of H-pyrrole nitrogens is 2. The molecule has 0 aliphatic heterocycles. The van der Waals surface area contributed by atoms with Gasteiger partial charge in [0, 0.05) is 24.0 Å². The summed E-state index contributed by atoms with van der Waals surface area (Å²) >= 11 is 3.50. The summed E-state index contributed by atoms with van der Waals surface area (Å²) in [5.74, 6) is -0.0865. The van der Waals surface area contributed by atoms with Crippen molar-refractivity contribution in [1.82, 2.24) is 15.2 Å². The van der Waals surface area contributed by atoms with E-state index >= 15 is 0 Å². The lowest BCUT2D eigenvalue weighted by atomic mass is 10.1. The Morgan fingerprint density at radius 2 is 2.00 bits per heavy atom. The standard InChI is InChI=1S/C22H19BrN4O/c1-27(22(28)20-7-4-12-24-20)21-13-15(14-23)8-9-16(21)10-11-19-17-5-2-3-6-18(17)25-26-19/h2-13,24H,14H2,1H3,(H,25,26)/b11-10+. The number of benzene rings is 2. The fourth-order valence-corrected chi connectivity index (χ4v) is 3.49. The second kappa shape index (κ2) is 7.86. The van der Waals surface area contributed by atoms with Crippen molar-refractivity contribution >= 4 is 50.6 Å². The first-order valence-corrected chi connectivity index (χ1v) is 10.0. The van der Waals surface area contributed by atoms with Crippen LogP contribution in [-0.4, -0.2) is 28.1 Å². The molecule has 28 heavy (non-hydrogen) atoms. The van der Waals surface area contributed by atoms with Crippen molar-refractivity contribution in [3.05, 3.63) is 83.3 Å². The zero-order chi connectivity index (χ0) is 19.5. The van der Waals surface area contributed by atoms with Gasteiger partial charge in [-0.2, -0.15) is 5.10 Å². The maximum Gasteiger partial charge on any atom is 0.274 e. The molecular weight excluding hydrogens is 416 g/mol. The first kappa shape index (κ1) is 18.3. The molecule has 140 valence electrons. The fraction of sp³-hybridized carbons (Fsp3) is 0.0909. The van der Waals surface area contributed by atoms with E-state index in [2.05, 4.69) is 31.1 Å². The van der Waals surface area contributed by atoms with Gasteiger partial charge in [-0.25, -0.2) is 0 Å². The zero-order valence-electron chi connectivity index (χ0n) is 15.3. The van der Waals surface area contributed by atoms with E-state index in [-0.39, 0.29) is 5.91 Å². The first-order chi connectivity index (χ1) is 13.7. The van der Waals surface area contributed by atoms with E-state index in [0.717, 1.165) is 38.7 Å². The summed E-state index contributed by atoms with van der Waals surface area (Å²) in [4.78, 5) is 17.5. The van der Waals surface area contributed by atoms with E-state index < -0.39 is 0 Å². The molecular formula is C22H19BrN4O. The van der Waals surface area contributed by atoms with Crippen molar-refractivity contribution in [3.8, 4) is 0 Å². The van der Waals surface area contributed by atoms with Gasteiger partial charge in [-0.05, 0) is 41.5 Å². The predicted octanol–water partition coefficient (Wildman–Crippen LogP) is 5.23. The van der Waals surface area contributed by atoms with Crippen molar-refractivity contribution in [1.29, 1.82) is 0 Å². The van der Waals surface area contributed by atoms with Gasteiger partial charge in [-0.1, -0.05) is 52.3 Å². The number of alkyl halides is 1. The number of anilines is 1. The molecule has 2 N–H and O–H groups in total. The third kappa shape index (κ3) is 3.51. The quantitative estimate of drug-likeness (QED) is 0.422. The minimum atomic E-state index is -0.0865. The van der Waals surface area contributed by atoms with E-state index in [1.807, 2.05) is 60.7 Å². The highest BCUT2D eigenvalue weighted by atomic mass is 79.9. The second-order valence-corrected chi connectivity index (χ2v) is 7.02. The molecule has 0 saturated heterocycles. The van der Waals surface area contributed by atoms with Crippen LogP contribution in [0.1, 0.15) is 27.3 Å². The van der Waals surface area contributed by atoms with E-state index in [4.69, 9.17) is 0 Å². The maximum absolute atomic E-state index is 12.8. The van der Waals surface area contributed by atoms with Crippen LogP contribution in [0, 0.1) is 0 Å². The molecule has 6 heteroatoms. The smallest absolute Gasteiger partial charge is 0.274 e. The largest absolute Gasteiger partial charge is 0.357 e. The van der Waals surface area contributed by atoms with Gasteiger partial charge in [0.05, 0.1) is 16.9 Å². The number of aromatic amines is 2. The zero-order valence-corrected chi connectivity index (χ0v) is 16.9. The van der Waals surface area contributed by atoms with E-state index in [0.29, 0.717) is 5.69 Å². The van der Waals surface area contributed by atoms with Gasteiger partial charge in [0.1, 0.15) is 5.69 Å². The van der Waals surface area contributed by atoms with Crippen LogP contribution in [0.5, 0.6) is 0 Å². The predicted molar refractivity (Wildman–Crippen MR) is 118 cm³/mol. The molecule has 0 radical (unpaired) electrons. The average Bonchev–Trinajstić information content (AvgIpc) is 3.41. The fourth-order valence-electron chi connectivity index (χ4n) is 3.14. The summed E-state index contributed by atoms with van der Waals surface area (Å²) in [6.07, 6.45) is 5.71. The molecule has 2 heterocycles. The Kier molecular flexibility index (Phi) is 5.12. The van der Waals surface area contributed by atoms with Gasteiger partial charge in [0.2, 0.25) is 0 Å². The second-order valence-electron chi connectivity index (χ2n) is 6.46. The number of nitrogens with zero attached hydrogens (tertiary/aromatic N) is 2. The Labute approximate surface area is 171 Å². The average molecular weight is 435 g/mol. The third-order valence-corrected chi connectivity index (χ3v) is 5.31. The topological polar surface area (TPSA) is 64.8 Å². The number of amides is 1. The molecule has 0 bridgehead atoms. The van der Waals surface area contributed by atoms with Crippen LogP contribution in [0.25, 0.3) is 23.1 Å². The number of hydrogen-bond donors (Lipinski definition) is 2. The minimum absolute atomic E-state index is 0.0865. The van der Waals surface area contributed by atoms with E-state index in [9.17, 15) is 4.79 Å². The summed E-state index contributed by atoms with van der Waals surface area (Å²) in [5.41, 5.74) is 5.30. The highest BCUT2D eigenvalue weighted by molar-refractivity contribution is 9.08. The Bertz CT molecular complexity index is 1140. The highest BCUT2D eigenvalue weighted by Crippen LogP contribution is 2.27. The van der Waals surface area contributed by atoms with Gasteiger partial charge < -0.3 is 9.88 Å². The summed E-state index contributed by atoms with van der Waals surface area (Å²) in [6.45, 7) is 0. The van der Waals surface area contributed by atoms with Crippen LogP contribution in [0.4, 0.5) is 5.69 Å². The van der Waals surface area contributed by atoms with Crippen LogP contribution >= 0.6 is 15.9 Å². The number of aromatic nitrogens is 3. The van der Waals surface area contributed by atoms with E-state index in [1.54, 1.807) is 24.2 Å². The lowest BCUT2D eigenvalue weighted by Gasteiger charge is -2.20. The summed E-state index contributed by atoms with van der Waals surface area (Å²) in [7, 11) is 1.79. The number of nitrogens with one attached hydrogen (secondary N) is 2. The minimum Gasteiger partial charge on any atom is -0.357 e. The van der Waals surface area contributed by atoms with Gasteiger partial charge >= 0.3 is 0 Å². The normalized spacial score (nSPS) is 11.4. The Balaban J connectivity index is 1.71. The van der Waals surface area contributed by atoms with Gasteiger partial charge in [0.25, 0.3) is 5.91 Å². The third-order valence-electron chi connectivity index (χ3n) is 4.66. The molecule has 0 saturated carbocycles. The van der Waals surface area contributed by atoms with Crippen LogP contribution in [0.3, 0.4) is 0 Å². The number of rotatable bonds is 5. The Morgan fingerprint density at radius 3 is 2.79 bits per heavy atom. The lowest BCUT2D eigenvalue weighted by molar-refractivity contribution is 0.0989. The molecule has 5 nitrogen and oxygen atoms in total. The van der Waals surface area contributed by atoms with Crippen molar-refractivity contribution in [2.45, 2.75) is 5.33 Å². The molecule has 0 unspecified atom stereocenters. The van der Waals surface area contributed by atoms with Crippen LogP contribution in [0.15, 0.2) is 60.8 Å². The highest BCUT2D eigenvalue weighted by Gasteiger charge is 2.17. The van der Waals surface area contributed by atoms with Crippen molar-refractivity contribution in [3.63, 3.8) is 0 Å². The monoisotopic (exact) mass is 434 g/mol. The van der Waals surface area contributed by atoms with Crippen molar-refractivity contribution in [2.75, 3.05) is 11.9 Å². The number of fused-ring (bicyclic) bond motifs is 1. The number of carbonyl (C=O) groups is 1.